The van der Waals surface area contributed by atoms with Gasteiger partial charge in [-0.25, -0.2) is 9.78 Å². The molecule has 0 saturated carbocycles. The lowest BCUT2D eigenvalue weighted by Gasteiger charge is -2.05. The van der Waals surface area contributed by atoms with Crippen molar-refractivity contribution in [2.45, 2.75) is 25.7 Å². The summed E-state index contributed by atoms with van der Waals surface area (Å²) >= 11 is 1.89. The Balaban J connectivity index is 2.14. The highest BCUT2D eigenvalue weighted by Crippen LogP contribution is 2.07. The first-order valence-corrected chi connectivity index (χ1v) is 7.55. The molecule has 0 unspecified atom stereocenters. The van der Waals surface area contributed by atoms with Gasteiger partial charge >= 0.3 is 5.97 Å². The van der Waals surface area contributed by atoms with Crippen molar-refractivity contribution < 1.29 is 9.90 Å². The average Bonchev–Trinajstić information content (AvgIpc) is 2.38. The molecule has 0 spiro atoms. The van der Waals surface area contributed by atoms with Crippen molar-refractivity contribution in [3.8, 4) is 0 Å². The largest absolute Gasteiger partial charge is 0.478 e. The number of unbranched alkanes of at least 4 members (excludes halogenated alkanes) is 3. The smallest absolute Gasteiger partial charge is 0.337 e. The number of rotatable bonds is 9. The third kappa shape index (κ3) is 5.91. The molecule has 5 heteroatoms. The van der Waals surface area contributed by atoms with E-state index in [1.165, 1.54) is 31.2 Å². The third-order valence-corrected chi connectivity index (χ3v) is 3.29. The second kappa shape index (κ2) is 8.80. The first-order valence-electron chi connectivity index (χ1n) is 6.16. The zero-order valence-electron chi connectivity index (χ0n) is 10.7. The number of pyridine rings is 1. The minimum absolute atomic E-state index is 0.220. The Morgan fingerprint density at radius 2 is 2.11 bits per heavy atom. The van der Waals surface area contributed by atoms with E-state index in [0.29, 0.717) is 0 Å². The fourth-order valence-corrected chi connectivity index (χ4v) is 2.06. The Hall–Kier alpha value is -1.23. The number of nitrogens with one attached hydrogen (secondary N) is 1. The molecule has 1 aromatic rings. The van der Waals surface area contributed by atoms with E-state index in [1.807, 2.05) is 11.8 Å². The summed E-state index contributed by atoms with van der Waals surface area (Å²) in [5, 5.41) is 11.9. The topological polar surface area (TPSA) is 62.2 Å². The van der Waals surface area contributed by atoms with Crippen molar-refractivity contribution in [1.29, 1.82) is 0 Å². The van der Waals surface area contributed by atoms with E-state index in [2.05, 4.69) is 16.6 Å². The summed E-state index contributed by atoms with van der Waals surface area (Å²) < 4.78 is 0. The van der Waals surface area contributed by atoms with E-state index >= 15 is 0 Å². The second-order valence-electron chi connectivity index (χ2n) is 4.07. The van der Waals surface area contributed by atoms with Crippen molar-refractivity contribution in [2.24, 2.45) is 0 Å². The van der Waals surface area contributed by atoms with Crippen LogP contribution in [0.25, 0.3) is 0 Å². The first kappa shape index (κ1) is 14.8. The number of nitrogens with zero attached hydrogens (tertiary/aromatic N) is 1. The minimum Gasteiger partial charge on any atom is -0.478 e. The van der Waals surface area contributed by atoms with Crippen LogP contribution in [0.2, 0.25) is 0 Å². The summed E-state index contributed by atoms with van der Waals surface area (Å²) in [6.07, 6.45) is 8.41. The summed E-state index contributed by atoms with van der Waals surface area (Å²) in [7, 11) is 0. The predicted molar refractivity (Wildman–Crippen MR) is 76.5 cm³/mol. The van der Waals surface area contributed by atoms with Crippen molar-refractivity contribution in [3.05, 3.63) is 23.9 Å². The molecule has 2 N–H and O–H groups in total. The van der Waals surface area contributed by atoms with Crippen LogP contribution in [0.5, 0.6) is 0 Å². The monoisotopic (exact) mass is 268 g/mol. The zero-order chi connectivity index (χ0) is 13.2. The minimum atomic E-state index is -0.942. The van der Waals surface area contributed by atoms with Crippen LogP contribution in [0.4, 0.5) is 5.82 Å². The van der Waals surface area contributed by atoms with E-state index in [0.717, 1.165) is 18.8 Å². The highest BCUT2D eigenvalue weighted by molar-refractivity contribution is 7.98. The van der Waals surface area contributed by atoms with Crippen LogP contribution in [0.3, 0.4) is 0 Å². The van der Waals surface area contributed by atoms with Gasteiger partial charge in [-0.15, -0.1) is 0 Å². The van der Waals surface area contributed by atoms with Crippen LogP contribution in [0.1, 0.15) is 36.0 Å². The summed E-state index contributed by atoms with van der Waals surface area (Å²) in [5.41, 5.74) is 0.220. The summed E-state index contributed by atoms with van der Waals surface area (Å²) in [4.78, 5) is 14.7. The molecule has 4 nitrogen and oxygen atoms in total. The third-order valence-electron chi connectivity index (χ3n) is 2.59. The molecule has 0 bridgehead atoms. The van der Waals surface area contributed by atoms with E-state index in [9.17, 15) is 4.79 Å². The molecule has 0 fully saturated rings. The van der Waals surface area contributed by atoms with Gasteiger partial charge in [-0.1, -0.05) is 12.8 Å². The summed E-state index contributed by atoms with van der Waals surface area (Å²) in [5.74, 6) is 1.04. The number of aromatic carboxylic acids is 1. The molecule has 0 aliphatic heterocycles. The van der Waals surface area contributed by atoms with Crippen LogP contribution >= 0.6 is 11.8 Å². The predicted octanol–water partition coefficient (Wildman–Crippen LogP) is 3.12. The van der Waals surface area contributed by atoms with E-state index < -0.39 is 5.97 Å². The fourth-order valence-electron chi connectivity index (χ4n) is 1.57. The van der Waals surface area contributed by atoms with Gasteiger partial charge in [-0.2, -0.15) is 11.8 Å². The SMILES string of the molecule is CSCCCCCCNc1ccc(C(=O)O)cn1. The molecule has 0 aromatic carbocycles. The van der Waals surface area contributed by atoms with Gasteiger partial charge in [0.2, 0.25) is 0 Å². The molecule has 0 amide bonds. The second-order valence-corrected chi connectivity index (χ2v) is 5.06. The lowest BCUT2D eigenvalue weighted by molar-refractivity contribution is 0.0696. The number of carbonyl (C=O) groups is 1. The normalized spacial score (nSPS) is 10.3. The number of hydrogen-bond acceptors (Lipinski definition) is 4. The Labute approximate surface area is 112 Å². The van der Waals surface area contributed by atoms with Crippen LogP contribution in [0.15, 0.2) is 18.3 Å². The lowest BCUT2D eigenvalue weighted by atomic mass is 10.2. The number of aromatic nitrogens is 1. The molecule has 0 atom stereocenters. The Bertz CT molecular complexity index is 355. The molecule has 100 valence electrons. The summed E-state index contributed by atoms with van der Waals surface area (Å²) in [6, 6.07) is 3.27. The lowest BCUT2D eigenvalue weighted by Crippen LogP contribution is -2.04. The maximum atomic E-state index is 10.6. The molecule has 1 aromatic heterocycles. The maximum absolute atomic E-state index is 10.6. The molecule has 1 heterocycles. The maximum Gasteiger partial charge on any atom is 0.337 e. The van der Waals surface area contributed by atoms with E-state index in [-0.39, 0.29) is 5.56 Å². The first-order chi connectivity index (χ1) is 8.74. The summed E-state index contributed by atoms with van der Waals surface area (Å²) in [6.45, 7) is 0.888. The van der Waals surface area contributed by atoms with Crippen molar-refractivity contribution in [2.75, 3.05) is 23.9 Å². The Kier molecular flexibility index (Phi) is 7.25. The molecule has 0 saturated heterocycles. The molecule has 0 aliphatic carbocycles. The van der Waals surface area contributed by atoms with Gasteiger partial charge in [0, 0.05) is 12.7 Å². The highest BCUT2D eigenvalue weighted by atomic mass is 32.2. The van der Waals surface area contributed by atoms with Crippen LogP contribution in [0, 0.1) is 0 Å². The molecule has 18 heavy (non-hydrogen) atoms. The van der Waals surface area contributed by atoms with Gasteiger partial charge in [0.25, 0.3) is 0 Å². The standard InChI is InChI=1S/C13H20N2O2S/c1-18-9-5-3-2-4-8-14-12-7-6-11(10-15-12)13(16)17/h6-7,10H,2-5,8-9H2,1H3,(H,14,15)(H,16,17). The molecule has 1 rings (SSSR count). The van der Waals surface area contributed by atoms with Crippen molar-refractivity contribution in [3.63, 3.8) is 0 Å². The molecule has 0 aliphatic rings. The van der Waals surface area contributed by atoms with Gasteiger partial charge < -0.3 is 10.4 Å². The average molecular weight is 268 g/mol. The Morgan fingerprint density at radius 3 is 2.72 bits per heavy atom. The van der Waals surface area contributed by atoms with Gasteiger partial charge in [-0.3, -0.25) is 0 Å². The quantitative estimate of drug-likeness (QED) is 0.674. The van der Waals surface area contributed by atoms with Crippen LogP contribution < -0.4 is 5.32 Å². The highest BCUT2D eigenvalue weighted by Gasteiger charge is 2.02. The number of carboxylic acids is 1. The molecular weight excluding hydrogens is 248 g/mol. The molecular formula is C13H20N2O2S. The van der Waals surface area contributed by atoms with Gasteiger partial charge in [-0.05, 0) is 37.0 Å². The van der Waals surface area contributed by atoms with Gasteiger partial charge in [0.15, 0.2) is 0 Å². The molecule has 0 radical (unpaired) electrons. The number of carboxylic acid groups (broad SMARTS) is 1. The number of anilines is 1. The van der Waals surface area contributed by atoms with Crippen LogP contribution in [-0.4, -0.2) is 34.6 Å². The zero-order valence-corrected chi connectivity index (χ0v) is 11.5. The number of thioether (sulfide) groups is 1. The van der Waals surface area contributed by atoms with Crippen molar-refractivity contribution >= 4 is 23.5 Å². The van der Waals surface area contributed by atoms with E-state index in [4.69, 9.17) is 5.11 Å². The van der Waals surface area contributed by atoms with Crippen LogP contribution in [-0.2, 0) is 0 Å². The van der Waals surface area contributed by atoms with Gasteiger partial charge in [0.1, 0.15) is 5.82 Å². The van der Waals surface area contributed by atoms with E-state index in [1.54, 1.807) is 12.1 Å². The van der Waals surface area contributed by atoms with Gasteiger partial charge in [0.05, 0.1) is 5.56 Å². The number of hydrogen-bond donors (Lipinski definition) is 2. The Morgan fingerprint density at radius 1 is 1.33 bits per heavy atom. The van der Waals surface area contributed by atoms with Crippen molar-refractivity contribution in [1.82, 2.24) is 4.98 Å². The fraction of sp³-hybridized carbons (Fsp3) is 0.538.